The summed E-state index contributed by atoms with van der Waals surface area (Å²) < 4.78 is 94.4. The van der Waals surface area contributed by atoms with Gasteiger partial charge in [-0.1, -0.05) is 26.8 Å². The summed E-state index contributed by atoms with van der Waals surface area (Å²) in [6, 6.07) is 5.56. The van der Waals surface area contributed by atoms with Crippen LogP contribution in [0.25, 0.3) is 0 Å². The molecule has 2 aromatic carbocycles. The van der Waals surface area contributed by atoms with Gasteiger partial charge in [0.05, 0.1) is 11.1 Å². The number of piperidine rings is 2. The summed E-state index contributed by atoms with van der Waals surface area (Å²) >= 11 is 0. The Morgan fingerprint density at radius 3 is 1.96 bits per heavy atom. The Labute approximate surface area is 269 Å². The van der Waals surface area contributed by atoms with Gasteiger partial charge in [0.25, 0.3) is 0 Å². The Hall–Kier alpha value is -3.64. The van der Waals surface area contributed by atoms with Crippen LogP contribution in [-0.2, 0) is 26.7 Å². The quantitative estimate of drug-likeness (QED) is 0.325. The van der Waals surface area contributed by atoms with Crippen LogP contribution >= 0.6 is 0 Å². The third-order valence-electron chi connectivity index (χ3n) is 9.30. The van der Waals surface area contributed by atoms with Crippen LogP contribution in [0.5, 0.6) is 0 Å². The third-order valence-corrected chi connectivity index (χ3v) is 9.30. The van der Waals surface area contributed by atoms with E-state index in [4.69, 9.17) is 0 Å². The summed E-state index contributed by atoms with van der Waals surface area (Å²) in [5.74, 6) is -3.50. The minimum Gasteiger partial charge on any atom is -0.355 e. The van der Waals surface area contributed by atoms with Crippen molar-refractivity contribution in [3.05, 3.63) is 70.0 Å². The van der Waals surface area contributed by atoms with E-state index in [-0.39, 0.29) is 61.3 Å². The first-order valence-corrected chi connectivity index (χ1v) is 15.8. The van der Waals surface area contributed by atoms with Gasteiger partial charge >= 0.3 is 12.4 Å². The second-order valence-corrected chi connectivity index (χ2v) is 13.0. The third kappa shape index (κ3) is 8.64. The summed E-state index contributed by atoms with van der Waals surface area (Å²) in [6.45, 7) is 7.94. The molecule has 47 heavy (non-hydrogen) atoms. The van der Waals surface area contributed by atoms with Crippen LogP contribution in [0.2, 0.25) is 0 Å². The van der Waals surface area contributed by atoms with Crippen LogP contribution in [0.1, 0.15) is 79.7 Å². The topological polar surface area (TPSA) is 69.7 Å². The normalized spacial score (nSPS) is 20.3. The van der Waals surface area contributed by atoms with Crippen molar-refractivity contribution < 1.29 is 45.1 Å². The van der Waals surface area contributed by atoms with Crippen molar-refractivity contribution in [3.63, 3.8) is 0 Å². The molecular formula is C34H40F7N3O3. The molecule has 0 bridgehead atoms. The van der Waals surface area contributed by atoms with Crippen LogP contribution in [0.4, 0.5) is 30.7 Å². The highest BCUT2D eigenvalue weighted by Crippen LogP contribution is 2.39. The number of hydrogen-bond acceptors (Lipinski definition) is 3. The van der Waals surface area contributed by atoms with E-state index in [0.29, 0.717) is 49.2 Å². The van der Waals surface area contributed by atoms with Gasteiger partial charge in [0.1, 0.15) is 5.82 Å². The number of rotatable bonds is 7. The van der Waals surface area contributed by atoms with Crippen LogP contribution in [-0.4, -0.2) is 60.2 Å². The number of carbonyl (C=O) groups excluding carboxylic acids is 3. The number of hydrogen-bond donors (Lipinski definition) is 1. The fraction of sp³-hybridized carbons (Fsp3) is 0.559. The van der Waals surface area contributed by atoms with Crippen molar-refractivity contribution in [2.75, 3.05) is 32.7 Å². The molecule has 0 unspecified atom stereocenters. The lowest BCUT2D eigenvalue weighted by atomic mass is 9.78. The molecule has 3 atom stereocenters. The monoisotopic (exact) mass is 671 g/mol. The van der Waals surface area contributed by atoms with Gasteiger partial charge in [-0.3, -0.25) is 14.4 Å². The second-order valence-electron chi connectivity index (χ2n) is 13.0. The van der Waals surface area contributed by atoms with Crippen LogP contribution < -0.4 is 5.32 Å². The van der Waals surface area contributed by atoms with Gasteiger partial charge in [-0.05, 0) is 79.1 Å². The number of halogens is 7. The Morgan fingerprint density at radius 1 is 0.851 bits per heavy atom. The molecule has 2 aliphatic rings. The average Bonchev–Trinajstić information content (AvgIpc) is 3.01. The second kappa shape index (κ2) is 14.2. The first kappa shape index (κ1) is 36.2. The molecule has 2 heterocycles. The molecule has 2 aliphatic heterocycles. The number of nitrogens with zero attached hydrogens (tertiary/aromatic N) is 2. The van der Waals surface area contributed by atoms with Gasteiger partial charge < -0.3 is 15.1 Å². The first-order valence-electron chi connectivity index (χ1n) is 15.8. The van der Waals surface area contributed by atoms with Gasteiger partial charge in [0.2, 0.25) is 17.7 Å². The molecule has 0 spiro atoms. The maximum atomic E-state index is 14.0. The molecular weight excluding hydrogens is 631 g/mol. The van der Waals surface area contributed by atoms with Crippen molar-refractivity contribution in [2.24, 2.45) is 17.8 Å². The highest BCUT2D eigenvalue weighted by Gasteiger charge is 2.41. The Bertz CT molecular complexity index is 1430. The van der Waals surface area contributed by atoms with E-state index in [1.165, 1.54) is 19.1 Å². The molecule has 258 valence electrons. The molecule has 4 rings (SSSR count). The van der Waals surface area contributed by atoms with E-state index in [0.717, 1.165) is 0 Å². The number of amides is 3. The molecule has 6 nitrogen and oxygen atoms in total. The van der Waals surface area contributed by atoms with Gasteiger partial charge in [-0.2, -0.15) is 26.3 Å². The van der Waals surface area contributed by atoms with E-state index >= 15 is 0 Å². The standard InChI is InChI=1S/C34H40F7N3O3/c1-19(2)31(46)43-10-7-22(8-11-43)32(47)44-12-9-28(29(18-44)27-6-5-26(35)13-20(27)3)30(45)42-17-21(4)23-14-24(33(36,37)38)16-25(15-23)34(39,40)41/h5-6,13-16,19,21-22,28-29H,7-12,17-18H2,1-4H3,(H,42,45)/t21-,28-,29+/m0/s1. The Kier molecular flexibility index (Phi) is 11.0. The van der Waals surface area contributed by atoms with Crippen LogP contribution in [0.15, 0.2) is 36.4 Å². The zero-order valence-corrected chi connectivity index (χ0v) is 26.8. The summed E-state index contributed by atoms with van der Waals surface area (Å²) in [6.07, 6.45) is -8.71. The molecule has 0 radical (unpaired) electrons. The van der Waals surface area contributed by atoms with Crippen LogP contribution in [0, 0.1) is 30.5 Å². The van der Waals surface area contributed by atoms with Crippen molar-refractivity contribution in [1.29, 1.82) is 0 Å². The van der Waals surface area contributed by atoms with Crippen molar-refractivity contribution in [1.82, 2.24) is 15.1 Å². The van der Waals surface area contributed by atoms with E-state index < -0.39 is 53.0 Å². The van der Waals surface area contributed by atoms with Gasteiger partial charge in [0, 0.05) is 56.4 Å². The fourth-order valence-corrected chi connectivity index (χ4v) is 6.57. The lowest BCUT2D eigenvalue weighted by Gasteiger charge is -2.41. The van der Waals surface area contributed by atoms with Gasteiger partial charge in [0.15, 0.2) is 0 Å². The van der Waals surface area contributed by atoms with E-state index in [1.807, 2.05) is 13.8 Å². The number of carbonyl (C=O) groups is 3. The van der Waals surface area contributed by atoms with Crippen molar-refractivity contribution >= 4 is 17.7 Å². The van der Waals surface area contributed by atoms with Crippen molar-refractivity contribution in [2.45, 2.75) is 71.1 Å². The molecule has 0 saturated carbocycles. The van der Waals surface area contributed by atoms with E-state index in [2.05, 4.69) is 5.32 Å². The smallest absolute Gasteiger partial charge is 0.355 e. The minimum absolute atomic E-state index is 0.0396. The molecule has 2 saturated heterocycles. The zero-order valence-electron chi connectivity index (χ0n) is 26.8. The highest BCUT2D eigenvalue weighted by atomic mass is 19.4. The van der Waals surface area contributed by atoms with E-state index in [9.17, 15) is 45.1 Å². The fourth-order valence-electron chi connectivity index (χ4n) is 6.57. The Morgan fingerprint density at radius 2 is 1.43 bits per heavy atom. The summed E-state index contributed by atoms with van der Waals surface area (Å²) in [5, 5.41) is 2.71. The minimum atomic E-state index is -4.99. The lowest BCUT2D eigenvalue weighted by molar-refractivity contribution is -0.144. The molecule has 13 heteroatoms. The molecule has 3 amide bonds. The number of aryl methyl sites for hydroxylation is 1. The molecule has 2 aromatic rings. The SMILES string of the molecule is Cc1cc(F)ccc1[C@H]1CN(C(=O)C2CCN(C(=O)C(C)C)CC2)CC[C@@H]1C(=O)NC[C@H](C)c1cc(C(F)(F)F)cc(C(F)(F)F)c1. The summed E-state index contributed by atoms with van der Waals surface area (Å²) in [5.41, 5.74) is -1.83. The van der Waals surface area contributed by atoms with Gasteiger partial charge in [-0.25, -0.2) is 4.39 Å². The predicted octanol–water partition coefficient (Wildman–Crippen LogP) is 6.92. The predicted molar refractivity (Wildman–Crippen MR) is 161 cm³/mol. The summed E-state index contributed by atoms with van der Waals surface area (Å²) in [4.78, 5) is 43.1. The van der Waals surface area contributed by atoms with Gasteiger partial charge in [-0.15, -0.1) is 0 Å². The number of likely N-dealkylation sites (tertiary alicyclic amines) is 2. The van der Waals surface area contributed by atoms with Crippen molar-refractivity contribution in [3.8, 4) is 0 Å². The summed E-state index contributed by atoms with van der Waals surface area (Å²) in [7, 11) is 0. The average molecular weight is 672 g/mol. The van der Waals surface area contributed by atoms with E-state index in [1.54, 1.807) is 22.8 Å². The molecule has 0 aromatic heterocycles. The highest BCUT2D eigenvalue weighted by molar-refractivity contribution is 5.83. The lowest BCUT2D eigenvalue weighted by Crippen LogP contribution is -2.51. The zero-order chi connectivity index (χ0) is 34.8. The largest absolute Gasteiger partial charge is 0.416 e. The van der Waals surface area contributed by atoms with Crippen LogP contribution in [0.3, 0.4) is 0 Å². The number of benzene rings is 2. The molecule has 2 fully saturated rings. The number of nitrogens with one attached hydrogen (secondary N) is 1. The molecule has 0 aliphatic carbocycles. The number of alkyl halides is 6. The Balaban J connectivity index is 1.50. The maximum Gasteiger partial charge on any atom is 0.416 e. The first-order chi connectivity index (χ1) is 21.9. The molecule has 1 N–H and O–H groups in total. The maximum absolute atomic E-state index is 14.0.